The number of amides is 1. The van der Waals surface area contributed by atoms with Gasteiger partial charge in [-0.05, 0) is 18.6 Å². The number of nitrogens with zero attached hydrogens (tertiary/aromatic N) is 1. The van der Waals surface area contributed by atoms with Crippen LogP contribution in [0.1, 0.15) is 23.3 Å². The van der Waals surface area contributed by atoms with Gasteiger partial charge in [-0.3, -0.25) is 0 Å². The number of alkyl carbamates (subject to hydrolysis) is 1. The van der Waals surface area contributed by atoms with Crippen LogP contribution in [-0.4, -0.2) is 96.1 Å². The number of alkyl halides is 13. The van der Waals surface area contributed by atoms with Crippen molar-refractivity contribution in [1.82, 2.24) is 10.3 Å². The van der Waals surface area contributed by atoms with Crippen molar-refractivity contribution in [2.24, 2.45) is 0 Å². The smallest absolute Gasteiger partial charge is 0.491 e. The second kappa shape index (κ2) is 14.6. The lowest BCUT2D eigenvalue weighted by Crippen LogP contribution is -2.70. The van der Waals surface area contributed by atoms with Crippen LogP contribution >= 0.6 is 0 Å². The van der Waals surface area contributed by atoms with E-state index in [1.807, 2.05) is 0 Å². The summed E-state index contributed by atoms with van der Waals surface area (Å²) in [6.45, 7) is -2.00. The Hall–Kier alpha value is -3.44. The number of hydrogen-bond donors (Lipinski definition) is 1. The quantitative estimate of drug-likeness (QED) is 0.0654. The number of nitrogens with one attached hydrogen (secondary N) is 1. The number of carbonyl (C=O) groups is 2. The molecule has 272 valence electrons. The molecule has 48 heavy (non-hydrogen) atoms. The summed E-state index contributed by atoms with van der Waals surface area (Å²) in [6, 6.07) is 6.45. The Morgan fingerprint density at radius 2 is 1.33 bits per heavy atom. The molecule has 2 rings (SSSR count). The van der Waals surface area contributed by atoms with E-state index < -0.39 is 81.1 Å². The maximum Gasteiger partial charge on any atom is 0.500 e. The minimum Gasteiger partial charge on any atom is -0.491 e. The van der Waals surface area contributed by atoms with Gasteiger partial charge in [-0.2, -0.15) is 57.1 Å². The van der Waals surface area contributed by atoms with Crippen LogP contribution in [0, 0.1) is 0 Å². The number of hydrogen-bond acceptors (Lipinski definition) is 8. The fraction of sp³-hybridized carbons (Fsp3) is 0.560. The predicted octanol–water partition coefficient (Wildman–Crippen LogP) is 6.88. The average Bonchev–Trinajstić information content (AvgIpc) is 3.00. The van der Waals surface area contributed by atoms with Crippen molar-refractivity contribution in [1.29, 1.82) is 0 Å². The van der Waals surface area contributed by atoms with E-state index in [1.165, 1.54) is 45.6 Å². The van der Waals surface area contributed by atoms with Gasteiger partial charge in [0.15, 0.2) is 11.4 Å². The summed E-state index contributed by atoms with van der Waals surface area (Å²) in [5.41, 5.74) is -0.980. The third-order valence-corrected chi connectivity index (χ3v) is 9.43. The summed E-state index contributed by atoms with van der Waals surface area (Å²) < 4.78 is 199. The number of benzene rings is 1. The van der Waals surface area contributed by atoms with Crippen LogP contribution in [0.25, 0.3) is 10.9 Å². The van der Waals surface area contributed by atoms with Gasteiger partial charge in [-0.25, -0.2) is 14.6 Å². The summed E-state index contributed by atoms with van der Waals surface area (Å²) in [5.74, 6) is -40.3. The predicted molar refractivity (Wildman–Crippen MR) is 138 cm³/mol. The molecule has 0 saturated heterocycles. The molecule has 9 nitrogen and oxygen atoms in total. The number of pyridine rings is 1. The van der Waals surface area contributed by atoms with Crippen LogP contribution in [-0.2, 0) is 18.0 Å². The van der Waals surface area contributed by atoms with Crippen molar-refractivity contribution in [3.8, 4) is 5.75 Å². The molecule has 0 bridgehead atoms. The third-order valence-electron chi connectivity index (χ3n) is 6.60. The van der Waals surface area contributed by atoms with Crippen molar-refractivity contribution in [3.05, 3.63) is 36.0 Å². The third kappa shape index (κ3) is 7.88. The molecule has 1 N–H and O–H groups in total. The van der Waals surface area contributed by atoms with Gasteiger partial charge in [-0.15, -0.1) is 0 Å². The monoisotopic (exact) mass is 740 g/mol. The zero-order valence-corrected chi connectivity index (χ0v) is 25.6. The molecule has 0 saturated carbocycles. The Morgan fingerprint density at radius 3 is 1.88 bits per heavy atom. The normalized spacial score (nSPS) is 13.8. The minimum absolute atomic E-state index is 0.0125. The number of aromatic nitrogens is 1. The summed E-state index contributed by atoms with van der Waals surface area (Å²) >= 11 is 0. The van der Waals surface area contributed by atoms with E-state index in [-0.39, 0.29) is 29.9 Å². The highest BCUT2D eigenvalue weighted by Gasteiger charge is 2.90. The Kier molecular flexibility index (Phi) is 12.4. The molecule has 2 aromatic rings. The second-order valence-electron chi connectivity index (χ2n) is 9.63. The largest absolute Gasteiger partial charge is 0.500 e. The van der Waals surface area contributed by atoms with E-state index in [0.29, 0.717) is 0 Å². The van der Waals surface area contributed by atoms with E-state index >= 15 is 0 Å². The van der Waals surface area contributed by atoms with Crippen molar-refractivity contribution < 1.29 is 89.4 Å². The molecule has 0 aliphatic heterocycles. The molecule has 1 amide bonds. The molecule has 0 fully saturated rings. The number of fused-ring (bicyclic) bond motifs is 1. The van der Waals surface area contributed by atoms with E-state index in [0.717, 1.165) is 6.07 Å². The van der Waals surface area contributed by atoms with E-state index in [1.54, 1.807) is 0 Å². The van der Waals surface area contributed by atoms with Gasteiger partial charge in [0, 0.05) is 39.3 Å². The molecular weight excluding hydrogens is 715 g/mol. The molecule has 23 heteroatoms. The Balaban J connectivity index is 2.25. The highest BCUT2D eigenvalue weighted by molar-refractivity contribution is 6.60. The van der Waals surface area contributed by atoms with Gasteiger partial charge in [0.05, 0.1) is 18.5 Å². The van der Waals surface area contributed by atoms with Crippen LogP contribution in [0.4, 0.5) is 61.9 Å². The highest BCUT2D eigenvalue weighted by atomic mass is 28.4. The molecule has 0 atom stereocenters. The number of carbonyl (C=O) groups excluding carboxylic acids is 2. The first-order valence-electron chi connectivity index (χ1n) is 13.0. The van der Waals surface area contributed by atoms with E-state index in [4.69, 9.17) is 18.0 Å². The van der Waals surface area contributed by atoms with Crippen LogP contribution in [0.15, 0.2) is 30.3 Å². The molecular formula is C25H25F13N2O7Si. The molecule has 0 aliphatic rings. The standard InChI is InChI=1S/C25H25F13N2O7Si/c1-43-48(44-2,45-3)12-6-10-39-19(42)47-18(41)17-16(13-14-7-4-5-8-15(14)40-17)46-11-9-20(26,27)21(28,29)22(30,31)23(32,33)24(34,35)25(36,37)38/h4-5,7-8,13H,6,9-12H2,1-3H3,(H,39,42). The van der Waals surface area contributed by atoms with Crippen LogP contribution in [0.3, 0.4) is 0 Å². The van der Waals surface area contributed by atoms with Gasteiger partial charge in [0.25, 0.3) is 0 Å². The molecule has 0 radical (unpaired) electrons. The van der Waals surface area contributed by atoms with Crippen LogP contribution in [0.2, 0.25) is 6.04 Å². The molecule has 0 unspecified atom stereocenters. The van der Waals surface area contributed by atoms with Crippen LogP contribution < -0.4 is 10.1 Å². The molecule has 0 aliphatic carbocycles. The summed E-state index contributed by atoms with van der Waals surface area (Å²) in [4.78, 5) is 28.7. The first-order chi connectivity index (χ1) is 21.9. The Bertz CT molecular complexity index is 1430. The fourth-order valence-electron chi connectivity index (χ4n) is 3.82. The number of para-hydroxylation sites is 1. The summed E-state index contributed by atoms with van der Waals surface area (Å²) in [5, 5.41) is 2.25. The van der Waals surface area contributed by atoms with Gasteiger partial charge in [-0.1, -0.05) is 18.2 Å². The highest BCUT2D eigenvalue weighted by Crippen LogP contribution is 2.60. The minimum atomic E-state index is -8.05. The number of halogens is 13. The maximum absolute atomic E-state index is 14.2. The molecule has 0 spiro atoms. The number of esters is 1. The number of rotatable bonds is 16. The molecule has 1 aromatic heterocycles. The SMILES string of the molecule is CO[Si](CCCNC(=O)OC(=O)c1nc2ccccc2cc1OCCC(F)(F)C(F)(F)C(F)(F)C(F)(F)C(F)(F)C(F)(F)F)(OC)OC. The van der Waals surface area contributed by atoms with Crippen LogP contribution in [0.5, 0.6) is 5.75 Å². The average molecular weight is 741 g/mol. The van der Waals surface area contributed by atoms with Crippen molar-refractivity contribution in [2.75, 3.05) is 34.5 Å². The topological polar surface area (TPSA) is 105 Å². The van der Waals surface area contributed by atoms with E-state index in [9.17, 15) is 66.7 Å². The van der Waals surface area contributed by atoms with Crippen molar-refractivity contribution in [2.45, 2.75) is 54.7 Å². The fourth-order valence-corrected chi connectivity index (χ4v) is 5.54. The maximum atomic E-state index is 14.2. The number of ether oxygens (including phenoxy) is 2. The van der Waals surface area contributed by atoms with E-state index in [2.05, 4.69) is 15.0 Å². The lowest BCUT2D eigenvalue weighted by Gasteiger charge is -2.39. The van der Waals surface area contributed by atoms with Gasteiger partial charge >= 0.3 is 56.7 Å². The van der Waals surface area contributed by atoms with Gasteiger partial charge in [0.1, 0.15) is 0 Å². The zero-order valence-electron chi connectivity index (χ0n) is 24.6. The van der Waals surface area contributed by atoms with Gasteiger partial charge in [0.2, 0.25) is 0 Å². The first kappa shape index (κ1) is 40.7. The lowest BCUT2D eigenvalue weighted by molar-refractivity contribution is -0.440. The summed E-state index contributed by atoms with van der Waals surface area (Å²) in [6.07, 6.45) is -11.4. The van der Waals surface area contributed by atoms with Crippen molar-refractivity contribution in [3.63, 3.8) is 0 Å². The molecule has 1 aromatic carbocycles. The first-order valence-corrected chi connectivity index (χ1v) is 14.9. The Morgan fingerprint density at radius 1 is 0.792 bits per heavy atom. The zero-order chi connectivity index (χ0) is 37.0. The van der Waals surface area contributed by atoms with Crippen molar-refractivity contribution >= 4 is 31.8 Å². The van der Waals surface area contributed by atoms with Gasteiger partial charge < -0.3 is 28.1 Å². The Labute approximate surface area is 263 Å². The summed E-state index contributed by atoms with van der Waals surface area (Å²) in [7, 11) is 0.963. The second-order valence-corrected chi connectivity index (χ2v) is 12.7. The molecule has 1 heterocycles. The lowest BCUT2D eigenvalue weighted by atomic mass is 9.93.